The first-order chi connectivity index (χ1) is 6.38. The van der Waals surface area contributed by atoms with Crippen LogP contribution in [0.4, 0.5) is 18.9 Å². The van der Waals surface area contributed by atoms with E-state index >= 15 is 0 Å². The predicted octanol–water partition coefficient (Wildman–Crippen LogP) is 3.23. The van der Waals surface area contributed by atoms with Gasteiger partial charge >= 0.3 is 6.18 Å². The van der Waals surface area contributed by atoms with Gasteiger partial charge in [0.2, 0.25) is 0 Å². The van der Waals surface area contributed by atoms with Crippen molar-refractivity contribution in [2.75, 3.05) is 11.5 Å². The molecular weight excluding hydrogens is 211 g/mol. The Kier molecular flexibility index (Phi) is 3.31. The minimum absolute atomic E-state index is 0.568. The lowest BCUT2D eigenvalue weighted by Gasteiger charge is -2.08. The molecule has 78 valence electrons. The van der Waals surface area contributed by atoms with Crippen LogP contribution in [-0.2, 0) is 0 Å². The Morgan fingerprint density at radius 1 is 1.36 bits per heavy atom. The topological polar surface area (TPSA) is 26.0 Å². The lowest BCUT2D eigenvalue weighted by atomic mass is 10.2. The van der Waals surface area contributed by atoms with Gasteiger partial charge in [-0.05, 0) is 30.7 Å². The van der Waals surface area contributed by atoms with Crippen molar-refractivity contribution in [3.8, 4) is 0 Å². The van der Waals surface area contributed by atoms with Crippen LogP contribution in [0.15, 0.2) is 23.1 Å². The van der Waals surface area contributed by atoms with Crippen LogP contribution in [0, 0.1) is 6.92 Å². The number of alkyl halides is 3. The number of anilines is 1. The van der Waals surface area contributed by atoms with Gasteiger partial charge in [-0.2, -0.15) is 13.2 Å². The Hall–Kier alpha value is -0.840. The highest BCUT2D eigenvalue weighted by atomic mass is 32.2. The lowest BCUT2D eigenvalue weighted by molar-refractivity contribution is -0.105. The van der Waals surface area contributed by atoms with E-state index in [1.807, 2.05) is 0 Å². The third kappa shape index (κ3) is 3.49. The van der Waals surface area contributed by atoms with Crippen molar-refractivity contribution in [1.82, 2.24) is 0 Å². The molecule has 0 bridgehead atoms. The van der Waals surface area contributed by atoms with Gasteiger partial charge in [0.15, 0.2) is 0 Å². The predicted molar refractivity (Wildman–Crippen MR) is 52.4 cm³/mol. The maximum absolute atomic E-state index is 11.9. The van der Waals surface area contributed by atoms with Crippen molar-refractivity contribution >= 4 is 17.4 Å². The molecule has 1 nitrogen and oxygen atoms in total. The summed E-state index contributed by atoms with van der Waals surface area (Å²) in [5.74, 6) is -0.863. The summed E-state index contributed by atoms with van der Waals surface area (Å²) in [4.78, 5) is 0.622. The molecule has 0 heterocycles. The molecule has 1 aromatic carbocycles. The first-order valence-corrected chi connectivity index (χ1v) is 4.93. The summed E-state index contributed by atoms with van der Waals surface area (Å²) in [6.45, 7) is 1.75. The average Bonchev–Trinajstić information content (AvgIpc) is 2.00. The maximum Gasteiger partial charge on any atom is 0.398 e. The fraction of sp³-hybridized carbons (Fsp3) is 0.333. The van der Waals surface area contributed by atoms with Crippen LogP contribution in [0.2, 0.25) is 0 Å². The van der Waals surface area contributed by atoms with Crippen molar-refractivity contribution in [1.29, 1.82) is 0 Å². The number of thioether (sulfide) groups is 1. The van der Waals surface area contributed by atoms with E-state index in [0.717, 1.165) is 17.3 Å². The molecule has 0 aliphatic rings. The number of nitrogens with two attached hydrogens (primary N) is 1. The van der Waals surface area contributed by atoms with Gasteiger partial charge in [0.1, 0.15) is 0 Å². The zero-order valence-electron chi connectivity index (χ0n) is 7.56. The highest BCUT2D eigenvalue weighted by molar-refractivity contribution is 7.99. The Bertz CT molecular complexity index is 322. The smallest absolute Gasteiger partial charge is 0.398 e. The van der Waals surface area contributed by atoms with Crippen LogP contribution in [0.1, 0.15) is 5.56 Å². The molecule has 0 aliphatic heterocycles. The molecule has 14 heavy (non-hydrogen) atoms. The van der Waals surface area contributed by atoms with Crippen LogP contribution >= 0.6 is 11.8 Å². The number of rotatable bonds is 2. The fourth-order valence-electron chi connectivity index (χ4n) is 0.994. The number of hydrogen-bond acceptors (Lipinski definition) is 2. The number of halogens is 3. The molecule has 0 saturated carbocycles. The van der Waals surface area contributed by atoms with Crippen LogP contribution < -0.4 is 5.73 Å². The monoisotopic (exact) mass is 221 g/mol. The number of benzene rings is 1. The van der Waals surface area contributed by atoms with Crippen molar-refractivity contribution < 1.29 is 13.2 Å². The van der Waals surface area contributed by atoms with Crippen molar-refractivity contribution in [2.45, 2.75) is 18.0 Å². The van der Waals surface area contributed by atoms with E-state index in [2.05, 4.69) is 0 Å². The zero-order chi connectivity index (χ0) is 10.8. The fourth-order valence-corrected chi connectivity index (χ4v) is 1.76. The summed E-state index contributed by atoms with van der Waals surface area (Å²) in [6, 6.07) is 4.88. The molecule has 2 N–H and O–H groups in total. The quantitative estimate of drug-likeness (QED) is 0.613. The van der Waals surface area contributed by atoms with Gasteiger partial charge in [-0.3, -0.25) is 0 Å². The zero-order valence-corrected chi connectivity index (χ0v) is 8.38. The minimum atomic E-state index is -4.13. The number of nitrogen functional groups attached to an aromatic ring is 1. The number of hydrogen-bond donors (Lipinski definition) is 1. The molecule has 0 aliphatic carbocycles. The maximum atomic E-state index is 11.9. The molecule has 0 spiro atoms. The standard InChI is InChI=1S/C9H10F3NS/c1-6-4-7(13)2-3-8(6)14-5-9(10,11)12/h2-4H,5,13H2,1H3. The normalized spacial score (nSPS) is 11.7. The van der Waals surface area contributed by atoms with Gasteiger partial charge in [0, 0.05) is 10.6 Å². The van der Waals surface area contributed by atoms with Gasteiger partial charge < -0.3 is 5.73 Å². The number of aryl methyl sites for hydroxylation is 1. The molecule has 0 fully saturated rings. The lowest BCUT2D eigenvalue weighted by Crippen LogP contribution is -2.10. The van der Waals surface area contributed by atoms with E-state index in [9.17, 15) is 13.2 Å². The van der Waals surface area contributed by atoms with Gasteiger partial charge in [0.25, 0.3) is 0 Å². The van der Waals surface area contributed by atoms with Gasteiger partial charge in [-0.1, -0.05) is 0 Å². The summed E-state index contributed by atoms with van der Waals surface area (Å²) in [6.07, 6.45) is -4.13. The molecule has 0 aromatic heterocycles. The molecule has 1 rings (SSSR count). The molecule has 0 unspecified atom stereocenters. The Balaban J connectivity index is 2.68. The summed E-state index contributed by atoms with van der Waals surface area (Å²) in [5.41, 5.74) is 6.82. The summed E-state index contributed by atoms with van der Waals surface area (Å²) >= 11 is 0.782. The molecule has 0 radical (unpaired) electrons. The Morgan fingerprint density at radius 3 is 2.50 bits per heavy atom. The third-order valence-corrected chi connectivity index (χ3v) is 2.83. The van der Waals surface area contributed by atoms with E-state index in [4.69, 9.17) is 5.73 Å². The van der Waals surface area contributed by atoms with Crippen LogP contribution in [0.25, 0.3) is 0 Å². The van der Waals surface area contributed by atoms with E-state index in [1.165, 1.54) is 0 Å². The van der Waals surface area contributed by atoms with Gasteiger partial charge in [-0.15, -0.1) is 11.8 Å². The van der Waals surface area contributed by atoms with Gasteiger partial charge in [-0.25, -0.2) is 0 Å². The van der Waals surface area contributed by atoms with Gasteiger partial charge in [0.05, 0.1) is 5.75 Å². The molecule has 0 amide bonds. The molecule has 0 saturated heterocycles. The Labute approximate surface area is 84.5 Å². The minimum Gasteiger partial charge on any atom is -0.399 e. The molecule has 1 aromatic rings. The largest absolute Gasteiger partial charge is 0.399 e. The van der Waals surface area contributed by atoms with Crippen molar-refractivity contribution in [3.05, 3.63) is 23.8 Å². The van der Waals surface area contributed by atoms with E-state index in [1.54, 1.807) is 25.1 Å². The second-order valence-electron chi connectivity index (χ2n) is 2.93. The Morgan fingerprint density at radius 2 is 2.00 bits per heavy atom. The highest BCUT2D eigenvalue weighted by Gasteiger charge is 2.27. The van der Waals surface area contributed by atoms with Crippen LogP contribution in [-0.4, -0.2) is 11.9 Å². The SMILES string of the molecule is Cc1cc(N)ccc1SCC(F)(F)F. The first kappa shape index (κ1) is 11.2. The first-order valence-electron chi connectivity index (χ1n) is 3.94. The summed E-state index contributed by atoms with van der Waals surface area (Å²) in [7, 11) is 0. The second-order valence-corrected chi connectivity index (χ2v) is 3.95. The molecule has 0 atom stereocenters. The van der Waals surface area contributed by atoms with E-state index in [-0.39, 0.29) is 0 Å². The van der Waals surface area contributed by atoms with E-state index in [0.29, 0.717) is 10.6 Å². The van der Waals surface area contributed by atoms with Crippen LogP contribution in [0.5, 0.6) is 0 Å². The van der Waals surface area contributed by atoms with E-state index < -0.39 is 11.9 Å². The molecular formula is C9H10F3NS. The van der Waals surface area contributed by atoms with Crippen molar-refractivity contribution in [2.24, 2.45) is 0 Å². The highest BCUT2D eigenvalue weighted by Crippen LogP contribution is 2.29. The molecule has 5 heteroatoms. The second kappa shape index (κ2) is 4.13. The third-order valence-electron chi connectivity index (χ3n) is 1.59. The average molecular weight is 221 g/mol. The summed E-state index contributed by atoms with van der Waals surface area (Å²) < 4.78 is 35.7. The summed E-state index contributed by atoms with van der Waals surface area (Å²) in [5, 5.41) is 0. The van der Waals surface area contributed by atoms with Crippen molar-refractivity contribution in [3.63, 3.8) is 0 Å². The van der Waals surface area contributed by atoms with Crippen LogP contribution in [0.3, 0.4) is 0 Å².